The van der Waals surface area contributed by atoms with Crippen LogP contribution in [0.15, 0.2) is 11.6 Å². The molecule has 1 aliphatic rings. The van der Waals surface area contributed by atoms with Gasteiger partial charge in [-0.05, 0) is 31.8 Å². The lowest BCUT2D eigenvalue weighted by Crippen LogP contribution is -2.20. The van der Waals surface area contributed by atoms with Crippen molar-refractivity contribution in [1.29, 1.82) is 0 Å². The Morgan fingerprint density at radius 2 is 1.92 bits per heavy atom. The minimum absolute atomic E-state index is 0.219. The Bertz CT molecular complexity index is 223. The normalized spacial score (nSPS) is 19.5. The zero-order valence-corrected chi connectivity index (χ0v) is 6.61. The van der Waals surface area contributed by atoms with Gasteiger partial charge in [-0.15, -0.1) is 0 Å². The van der Waals surface area contributed by atoms with Gasteiger partial charge in [0.25, 0.3) is 5.78 Å². The molecule has 1 saturated carbocycles. The third-order valence-electron chi connectivity index (χ3n) is 1.86. The zero-order chi connectivity index (χ0) is 9.35. The van der Waals surface area contributed by atoms with Gasteiger partial charge in [-0.2, -0.15) is 13.2 Å². The number of halogens is 3. The van der Waals surface area contributed by atoms with Crippen molar-refractivity contribution in [3.8, 4) is 0 Å². The minimum atomic E-state index is -4.71. The standard InChI is InChI=1S/C8H9F3O/c1-5(6-2-3-6)4-7(12)8(9,10)11/h4,6H,2-3H2,1H3/b5-4-. The number of alkyl halides is 3. The fourth-order valence-electron chi connectivity index (χ4n) is 0.945. The maximum Gasteiger partial charge on any atom is 0.454 e. The molecule has 0 bridgehead atoms. The van der Waals surface area contributed by atoms with Crippen LogP contribution >= 0.6 is 0 Å². The molecule has 0 atom stereocenters. The highest BCUT2D eigenvalue weighted by molar-refractivity contribution is 5.94. The molecule has 68 valence electrons. The highest BCUT2D eigenvalue weighted by Gasteiger charge is 2.37. The van der Waals surface area contributed by atoms with Gasteiger partial charge in [-0.3, -0.25) is 4.79 Å². The number of carbonyl (C=O) groups excluding carboxylic acids is 1. The molecular weight excluding hydrogens is 169 g/mol. The maximum atomic E-state index is 11.7. The molecule has 0 aliphatic heterocycles. The Kier molecular flexibility index (Phi) is 2.26. The van der Waals surface area contributed by atoms with Crippen LogP contribution in [-0.2, 0) is 4.79 Å². The van der Waals surface area contributed by atoms with E-state index in [2.05, 4.69) is 0 Å². The van der Waals surface area contributed by atoms with Gasteiger partial charge < -0.3 is 0 Å². The first-order valence-corrected chi connectivity index (χ1v) is 3.70. The van der Waals surface area contributed by atoms with Crippen LogP contribution in [0.3, 0.4) is 0 Å². The van der Waals surface area contributed by atoms with Gasteiger partial charge in [0.1, 0.15) is 0 Å². The average Bonchev–Trinajstić information content (AvgIpc) is 2.65. The summed E-state index contributed by atoms with van der Waals surface area (Å²) in [6.45, 7) is 1.57. The lowest BCUT2D eigenvalue weighted by atomic mass is 10.1. The van der Waals surface area contributed by atoms with Gasteiger partial charge >= 0.3 is 6.18 Å². The van der Waals surface area contributed by atoms with E-state index in [1.807, 2.05) is 0 Å². The smallest absolute Gasteiger partial charge is 0.285 e. The summed E-state index contributed by atoms with van der Waals surface area (Å²) < 4.78 is 35.1. The van der Waals surface area contributed by atoms with E-state index in [-0.39, 0.29) is 5.92 Å². The van der Waals surface area contributed by atoms with Crippen molar-refractivity contribution in [2.45, 2.75) is 25.9 Å². The molecule has 0 N–H and O–H groups in total. The van der Waals surface area contributed by atoms with E-state index in [9.17, 15) is 18.0 Å². The number of hydrogen-bond acceptors (Lipinski definition) is 1. The lowest BCUT2D eigenvalue weighted by molar-refractivity contribution is -0.165. The SMILES string of the molecule is C/C(=C/C(=O)C(F)(F)F)C1CC1. The number of hydrogen-bond donors (Lipinski definition) is 0. The van der Waals surface area contributed by atoms with Crippen molar-refractivity contribution in [2.24, 2.45) is 5.92 Å². The molecule has 12 heavy (non-hydrogen) atoms. The monoisotopic (exact) mass is 178 g/mol. The molecule has 0 amide bonds. The number of carbonyl (C=O) groups is 1. The number of allylic oxidation sites excluding steroid dienone is 2. The van der Waals surface area contributed by atoms with E-state index in [1.165, 1.54) is 0 Å². The van der Waals surface area contributed by atoms with Gasteiger partial charge in [0.15, 0.2) is 0 Å². The summed E-state index contributed by atoms with van der Waals surface area (Å²) in [6.07, 6.45) is -2.19. The Labute approximate surface area is 68.3 Å². The summed E-state index contributed by atoms with van der Waals surface area (Å²) >= 11 is 0. The zero-order valence-electron chi connectivity index (χ0n) is 6.61. The Morgan fingerprint density at radius 3 is 2.25 bits per heavy atom. The first-order valence-electron chi connectivity index (χ1n) is 3.70. The van der Waals surface area contributed by atoms with Crippen LogP contribution in [-0.4, -0.2) is 12.0 Å². The van der Waals surface area contributed by atoms with E-state index < -0.39 is 12.0 Å². The van der Waals surface area contributed by atoms with Crippen LogP contribution in [0.2, 0.25) is 0 Å². The molecule has 0 aromatic heterocycles. The Hall–Kier alpha value is -0.800. The van der Waals surface area contributed by atoms with E-state index in [4.69, 9.17) is 0 Å². The quantitative estimate of drug-likeness (QED) is 0.593. The molecule has 0 radical (unpaired) electrons. The summed E-state index contributed by atoms with van der Waals surface area (Å²) in [6, 6.07) is 0. The third-order valence-corrected chi connectivity index (χ3v) is 1.86. The van der Waals surface area contributed by atoms with Crippen molar-refractivity contribution >= 4 is 5.78 Å². The van der Waals surface area contributed by atoms with Crippen molar-refractivity contribution < 1.29 is 18.0 Å². The summed E-state index contributed by atoms with van der Waals surface area (Å²) in [4.78, 5) is 10.4. The summed E-state index contributed by atoms with van der Waals surface area (Å²) in [5.74, 6) is -1.52. The van der Waals surface area contributed by atoms with Crippen LogP contribution < -0.4 is 0 Å². The fourth-order valence-corrected chi connectivity index (χ4v) is 0.945. The van der Waals surface area contributed by atoms with Gasteiger partial charge in [0, 0.05) is 0 Å². The van der Waals surface area contributed by atoms with Crippen LogP contribution in [0.1, 0.15) is 19.8 Å². The third kappa shape index (κ3) is 2.36. The first kappa shape index (κ1) is 9.29. The van der Waals surface area contributed by atoms with Gasteiger partial charge in [0.05, 0.1) is 0 Å². The van der Waals surface area contributed by atoms with E-state index in [1.54, 1.807) is 6.92 Å². The molecule has 1 fully saturated rings. The van der Waals surface area contributed by atoms with Crippen LogP contribution in [0.5, 0.6) is 0 Å². The second kappa shape index (κ2) is 2.92. The molecule has 1 nitrogen and oxygen atoms in total. The van der Waals surface area contributed by atoms with Crippen molar-refractivity contribution in [3.05, 3.63) is 11.6 Å². The van der Waals surface area contributed by atoms with Crippen molar-refractivity contribution in [1.82, 2.24) is 0 Å². The second-order valence-corrected chi connectivity index (χ2v) is 3.02. The van der Waals surface area contributed by atoms with Crippen molar-refractivity contribution in [3.63, 3.8) is 0 Å². The van der Waals surface area contributed by atoms with Crippen molar-refractivity contribution in [2.75, 3.05) is 0 Å². The Morgan fingerprint density at radius 1 is 1.42 bits per heavy atom. The molecule has 0 unspecified atom stereocenters. The minimum Gasteiger partial charge on any atom is -0.285 e. The topological polar surface area (TPSA) is 17.1 Å². The summed E-state index contributed by atoms with van der Waals surface area (Å²) in [5.41, 5.74) is 0.553. The molecule has 1 aliphatic carbocycles. The molecule has 4 heteroatoms. The molecule has 0 aromatic carbocycles. The van der Waals surface area contributed by atoms with Crippen LogP contribution in [0, 0.1) is 5.92 Å². The molecule has 0 saturated heterocycles. The highest BCUT2D eigenvalue weighted by atomic mass is 19.4. The van der Waals surface area contributed by atoms with E-state index in [0.717, 1.165) is 12.8 Å². The predicted octanol–water partition coefficient (Wildman–Crippen LogP) is 2.47. The molecule has 1 rings (SSSR count). The summed E-state index contributed by atoms with van der Waals surface area (Å²) in [5, 5.41) is 0. The van der Waals surface area contributed by atoms with E-state index >= 15 is 0 Å². The van der Waals surface area contributed by atoms with E-state index in [0.29, 0.717) is 11.6 Å². The predicted molar refractivity (Wildman–Crippen MR) is 37.5 cm³/mol. The van der Waals surface area contributed by atoms with Gasteiger partial charge in [-0.25, -0.2) is 0 Å². The van der Waals surface area contributed by atoms with Crippen LogP contribution in [0.25, 0.3) is 0 Å². The van der Waals surface area contributed by atoms with Crippen LogP contribution in [0.4, 0.5) is 13.2 Å². The number of rotatable bonds is 2. The largest absolute Gasteiger partial charge is 0.454 e. The summed E-state index contributed by atoms with van der Waals surface area (Å²) in [7, 11) is 0. The molecule has 0 aromatic rings. The Balaban J connectivity index is 2.59. The average molecular weight is 178 g/mol. The van der Waals surface area contributed by atoms with Gasteiger partial charge in [-0.1, -0.05) is 5.57 Å². The molecule has 0 heterocycles. The number of ketones is 1. The molecule has 0 spiro atoms. The molecular formula is C8H9F3O. The first-order chi connectivity index (χ1) is 5.41. The highest BCUT2D eigenvalue weighted by Crippen LogP contribution is 2.36. The van der Waals surface area contributed by atoms with Gasteiger partial charge in [0.2, 0.25) is 0 Å². The fraction of sp³-hybridized carbons (Fsp3) is 0.625. The maximum absolute atomic E-state index is 11.7. The lowest BCUT2D eigenvalue weighted by Gasteiger charge is -2.01. The second-order valence-electron chi connectivity index (χ2n) is 3.02.